The molecule has 170 valence electrons. The van der Waals surface area contributed by atoms with Crippen molar-refractivity contribution in [1.29, 1.82) is 0 Å². The molecule has 0 unspecified atom stereocenters. The monoisotopic (exact) mass is 449 g/mol. The Kier molecular flexibility index (Phi) is 5.51. The van der Waals surface area contributed by atoms with Crippen molar-refractivity contribution in [1.82, 2.24) is 24.7 Å². The fourth-order valence-electron chi connectivity index (χ4n) is 4.08. The van der Waals surface area contributed by atoms with E-state index in [2.05, 4.69) is 30.5 Å². The minimum Gasteiger partial charge on any atom is -0.477 e. The number of nitrogens with one attached hydrogen (secondary N) is 2. The van der Waals surface area contributed by atoms with Gasteiger partial charge in [0.15, 0.2) is 11.5 Å². The number of hydrogen-bond donors (Lipinski definition) is 2. The Hall–Kier alpha value is -3.79. The largest absolute Gasteiger partial charge is 0.477 e. The highest BCUT2D eigenvalue weighted by Crippen LogP contribution is 2.29. The molecule has 0 aliphatic carbocycles. The van der Waals surface area contributed by atoms with E-state index in [1.54, 1.807) is 36.0 Å². The topological polar surface area (TPSA) is 96.7 Å². The number of anilines is 2. The first-order chi connectivity index (χ1) is 16.0. The van der Waals surface area contributed by atoms with Crippen molar-refractivity contribution in [2.75, 3.05) is 43.0 Å². The van der Waals surface area contributed by atoms with Gasteiger partial charge < -0.3 is 24.7 Å². The second-order valence-corrected chi connectivity index (χ2v) is 7.85. The number of amides is 1. The summed E-state index contributed by atoms with van der Waals surface area (Å²) in [6.07, 6.45) is 4.90. The van der Waals surface area contributed by atoms with Crippen LogP contribution in [0.2, 0.25) is 0 Å². The van der Waals surface area contributed by atoms with Crippen LogP contribution in [-0.4, -0.2) is 58.0 Å². The molecule has 0 radical (unpaired) electrons. The van der Waals surface area contributed by atoms with Crippen molar-refractivity contribution in [3.8, 4) is 5.88 Å². The predicted molar refractivity (Wildman–Crippen MR) is 124 cm³/mol. The van der Waals surface area contributed by atoms with E-state index in [4.69, 9.17) is 4.74 Å². The summed E-state index contributed by atoms with van der Waals surface area (Å²) in [5, 5.41) is 6.12. The molecular weight excluding hydrogens is 425 g/mol. The molecular formula is C23H24FN7O2. The van der Waals surface area contributed by atoms with Crippen LogP contribution in [0.3, 0.4) is 0 Å². The number of ether oxygens (including phenoxy) is 1. The number of carbonyl (C=O) groups is 1. The first-order valence-electron chi connectivity index (χ1n) is 10.9. The Morgan fingerprint density at radius 2 is 2.03 bits per heavy atom. The van der Waals surface area contributed by atoms with Crippen LogP contribution < -0.4 is 20.3 Å². The molecule has 3 aromatic heterocycles. The van der Waals surface area contributed by atoms with E-state index in [0.29, 0.717) is 40.5 Å². The van der Waals surface area contributed by atoms with Crippen molar-refractivity contribution < 1.29 is 13.9 Å². The molecule has 33 heavy (non-hydrogen) atoms. The lowest BCUT2D eigenvalue weighted by atomic mass is 10.1. The molecule has 0 atom stereocenters. The van der Waals surface area contributed by atoms with Crippen molar-refractivity contribution in [2.45, 2.75) is 13.8 Å². The minimum atomic E-state index is -0.516. The molecule has 10 heteroatoms. The van der Waals surface area contributed by atoms with Crippen molar-refractivity contribution >= 4 is 34.0 Å². The van der Waals surface area contributed by atoms with Crippen LogP contribution in [0.1, 0.15) is 23.0 Å². The number of rotatable bonds is 5. The highest BCUT2D eigenvalue weighted by Gasteiger charge is 2.21. The van der Waals surface area contributed by atoms with Gasteiger partial charge in [-0.05, 0) is 26.0 Å². The summed E-state index contributed by atoms with van der Waals surface area (Å²) >= 11 is 0. The highest BCUT2D eigenvalue weighted by molar-refractivity contribution is 6.13. The van der Waals surface area contributed by atoms with Gasteiger partial charge in [-0.15, -0.1) is 0 Å². The summed E-state index contributed by atoms with van der Waals surface area (Å²) in [6, 6.07) is 4.88. The van der Waals surface area contributed by atoms with Crippen LogP contribution in [-0.2, 0) is 0 Å². The lowest BCUT2D eigenvalue weighted by Gasteiger charge is -2.30. The fraction of sp³-hybridized carbons (Fsp3) is 0.304. The summed E-state index contributed by atoms with van der Waals surface area (Å²) in [4.78, 5) is 28.8. The third-order valence-corrected chi connectivity index (χ3v) is 5.54. The van der Waals surface area contributed by atoms with Gasteiger partial charge in [-0.1, -0.05) is 0 Å². The number of benzene rings is 1. The number of aryl methyl sites for hydroxylation is 1. The first kappa shape index (κ1) is 21.1. The molecule has 9 nitrogen and oxygen atoms in total. The molecule has 5 rings (SSSR count). The van der Waals surface area contributed by atoms with Gasteiger partial charge in [0.2, 0.25) is 5.88 Å². The summed E-state index contributed by atoms with van der Waals surface area (Å²) < 4.78 is 21.6. The summed E-state index contributed by atoms with van der Waals surface area (Å²) in [7, 11) is 0. The van der Waals surface area contributed by atoms with Gasteiger partial charge >= 0.3 is 0 Å². The molecule has 1 amide bonds. The average Bonchev–Trinajstić information content (AvgIpc) is 3.19. The number of nitrogens with zero attached hydrogens (tertiary/aromatic N) is 5. The molecule has 1 aromatic carbocycles. The standard InChI is InChI=1S/C23H24FN7O2/c1-3-33-19-11-26-21-18(30-8-6-25-7-9-30)5-4-16(20(21)29-19)23(32)28-15-10-17(24)22-27-14(2)12-31(22)13-15/h4-5,10-13,25H,3,6-9H2,1-2H3,(H,28,32). The van der Waals surface area contributed by atoms with Crippen LogP contribution >= 0.6 is 0 Å². The van der Waals surface area contributed by atoms with Gasteiger partial charge in [0.1, 0.15) is 11.0 Å². The number of aromatic nitrogens is 4. The Balaban J connectivity index is 1.55. The number of hydrogen-bond acceptors (Lipinski definition) is 7. The molecule has 2 N–H and O–H groups in total. The zero-order valence-corrected chi connectivity index (χ0v) is 18.4. The van der Waals surface area contributed by atoms with Crippen LogP contribution in [0.4, 0.5) is 15.8 Å². The van der Waals surface area contributed by atoms with E-state index in [0.717, 1.165) is 31.9 Å². The number of fused-ring (bicyclic) bond motifs is 2. The number of piperazine rings is 1. The van der Waals surface area contributed by atoms with Crippen LogP contribution in [0.25, 0.3) is 16.7 Å². The van der Waals surface area contributed by atoms with E-state index in [1.165, 1.54) is 6.07 Å². The Bertz CT molecular complexity index is 1350. The lowest BCUT2D eigenvalue weighted by molar-refractivity contribution is 0.102. The van der Waals surface area contributed by atoms with Crippen molar-refractivity contribution in [2.24, 2.45) is 0 Å². The minimum absolute atomic E-state index is 0.212. The Morgan fingerprint density at radius 3 is 2.82 bits per heavy atom. The average molecular weight is 449 g/mol. The normalized spacial score (nSPS) is 14.1. The third-order valence-electron chi connectivity index (χ3n) is 5.54. The molecule has 1 aliphatic rings. The Morgan fingerprint density at radius 1 is 1.21 bits per heavy atom. The quantitative estimate of drug-likeness (QED) is 0.484. The number of imidazole rings is 1. The van der Waals surface area contributed by atoms with Gasteiger partial charge in [0, 0.05) is 44.6 Å². The molecule has 0 spiro atoms. The lowest BCUT2D eigenvalue weighted by Crippen LogP contribution is -2.43. The van der Waals surface area contributed by atoms with E-state index >= 15 is 0 Å². The van der Waals surface area contributed by atoms with Gasteiger partial charge in [0.25, 0.3) is 5.91 Å². The summed E-state index contributed by atoms with van der Waals surface area (Å²) in [5.74, 6) is -0.582. The van der Waals surface area contributed by atoms with Gasteiger partial charge in [-0.3, -0.25) is 4.79 Å². The second kappa shape index (κ2) is 8.62. The summed E-state index contributed by atoms with van der Waals surface area (Å²) in [5.41, 5.74) is 3.53. The van der Waals surface area contributed by atoms with Gasteiger partial charge in [0.05, 0.1) is 35.4 Å². The predicted octanol–water partition coefficient (Wildman–Crippen LogP) is 2.79. The molecule has 1 saturated heterocycles. The van der Waals surface area contributed by atoms with E-state index < -0.39 is 11.7 Å². The van der Waals surface area contributed by atoms with E-state index in [1.807, 2.05) is 13.0 Å². The maximum absolute atomic E-state index is 14.5. The molecule has 1 aliphatic heterocycles. The number of carbonyl (C=O) groups excluding carboxylic acids is 1. The van der Waals surface area contributed by atoms with Crippen LogP contribution in [0.15, 0.2) is 36.8 Å². The van der Waals surface area contributed by atoms with Gasteiger partial charge in [-0.25, -0.2) is 19.3 Å². The SMILES string of the molecule is CCOc1cnc2c(N3CCNCC3)ccc(C(=O)Nc3cc(F)c4nc(C)cn4c3)c2n1. The highest BCUT2D eigenvalue weighted by atomic mass is 19.1. The van der Waals surface area contributed by atoms with Crippen molar-refractivity contribution in [3.05, 3.63) is 53.9 Å². The smallest absolute Gasteiger partial charge is 0.257 e. The van der Waals surface area contributed by atoms with E-state index in [-0.39, 0.29) is 5.65 Å². The second-order valence-electron chi connectivity index (χ2n) is 7.85. The van der Waals surface area contributed by atoms with Crippen LogP contribution in [0.5, 0.6) is 5.88 Å². The first-order valence-corrected chi connectivity index (χ1v) is 10.9. The zero-order valence-electron chi connectivity index (χ0n) is 18.4. The van der Waals surface area contributed by atoms with Gasteiger partial charge in [-0.2, -0.15) is 0 Å². The molecule has 4 heterocycles. The molecule has 4 aromatic rings. The van der Waals surface area contributed by atoms with Crippen molar-refractivity contribution in [3.63, 3.8) is 0 Å². The molecule has 0 saturated carbocycles. The van der Waals surface area contributed by atoms with Crippen LogP contribution in [0, 0.1) is 12.7 Å². The maximum Gasteiger partial charge on any atom is 0.257 e. The maximum atomic E-state index is 14.5. The van der Waals surface area contributed by atoms with E-state index in [9.17, 15) is 9.18 Å². The zero-order chi connectivity index (χ0) is 22.9. The summed E-state index contributed by atoms with van der Waals surface area (Å²) in [6.45, 7) is 7.48. The molecule has 1 fully saturated rings. The Labute approximate surface area is 189 Å². The number of pyridine rings is 1. The fourth-order valence-corrected chi connectivity index (χ4v) is 4.08. The number of halogens is 1. The third kappa shape index (κ3) is 4.05. The molecule has 0 bridgehead atoms.